The zero-order chi connectivity index (χ0) is 17.2. The van der Waals surface area contributed by atoms with Crippen LogP contribution in [-0.2, 0) is 21.8 Å². The fourth-order valence-electron chi connectivity index (χ4n) is 2.28. The number of nitrogens with two attached hydrogens (primary N) is 1. The van der Waals surface area contributed by atoms with E-state index in [1.165, 1.54) is 6.92 Å². The Morgan fingerprint density at radius 3 is 2.48 bits per heavy atom. The van der Waals surface area contributed by atoms with Crippen LogP contribution in [0.15, 0.2) is 30.3 Å². The number of carboxylic acid groups (broad SMARTS) is 1. The predicted molar refractivity (Wildman–Crippen MR) is 82.7 cm³/mol. The number of hydrogen-bond donors (Lipinski definition) is 2. The van der Waals surface area contributed by atoms with Crippen molar-refractivity contribution < 1.29 is 19.4 Å². The summed E-state index contributed by atoms with van der Waals surface area (Å²) in [6.45, 7) is 4.64. The van der Waals surface area contributed by atoms with Crippen molar-refractivity contribution in [2.24, 2.45) is 5.73 Å². The summed E-state index contributed by atoms with van der Waals surface area (Å²) < 4.78 is 6.41. The highest BCUT2D eigenvalue weighted by Crippen LogP contribution is 2.20. The van der Waals surface area contributed by atoms with Gasteiger partial charge < -0.3 is 9.84 Å². The van der Waals surface area contributed by atoms with Gasteiger partial charge in [-0.25, -0.2) is 14.3 Å². The lowest BCUT2D eigenvalue weighted by molar-refractivity contribution is -0.147. The van der Waals surface area contributed by atoms with Crippen LogP contribution < -0.4 is 5.73 Å². The van der Waals surface area contributed by atoms with Gasteiger partial charge in [-0.05, 0) is 26.3 Å². The average molecular weight is 317 g/mol. The molecule has 7 nitrogen and oxygen atoms in total. The molecular weight excluding hydrogens is 298 g/mol. The average Bonchev–Trinajstić information content (AvgIpc) is 2.81. The van der Waals surface area contributed by atoms with Gasteiger partial charge in [0.05, 0.1) is 11.4 Å². The van der Waals surface area contributed by atoms with Crippen molar-refractivity contribution in [2.75, 3.05) is 0 Å². The number of ether oxygens (including phenoxy) is 1. The van der Waals surface area contributed by atoms with Crippen molar-refractivity contribution in [2.45, 2.75) is 33.0 Å². The molecule has 0 bridgehead atoms. The van der Waals surface area contributed by atoms with Crippen molar-refractivity contribution in [3.63, 3.8) is 0 Å². The van der Waals surface area contributed by atoms with Gasteiger partial charge in [-0.15, -0.1) is 0 Å². The maximum absolute atomic E-state index is 12.3. The summed E-state index contributed by atoms with van der Waals surface area (Å²) in [6, 6.07) is 9.27. The SMILES string of the molecule is Cc1nn([C@@](C)(N)C(=O)O)c(C)c1C(=O)OCc1ccccc1. The second kappa shape index (κ2) is 6.21. The lowest BCUT2D eigenvalue weighted by atomic mass is 10.1. The summed E-state index contributed by atoms with van der Waals surface area (Å²) in [5, 5.41) is 13.3. The third-order valence-corrected chi connectivity index (χ3v) is 3.58. The lowest BCUT2D eigenvalue weighted by Gasteiger charge is -2.21. The van der Waals surface area contributed by atoms with Crippen molar-refractivity contribution in [1.29, 1.82) is 0 Å². The first kappa shape index (κ1) is 16.7. The van der Waals surface area contributed by atoms with Gasteiger partial charge in [0, 0.05) is 0 Å². The van der Waals surface area contributed by atoms with Crippen molar-refractivity contribution in [3.8, 4) is 0 Å². The van der Waals surface area contributed by atoms with Crippen LogP contribution >= 0.6 is 0 Å². The molecule has 3 N–H and O–H groups in total. The normalized spacial score (nSPS) is 13.4. The van der Waals surface area contributed by atoms with Crippen LogP contribution in [0.3, 0.4) is 0 Å². The van der Waals surface area contributed by atoms with Gasteiger partial charge in [0.15, 0.2) is 0 Å². The first-order valence-corrected chi connectivity index (χ1v) is 7.05. The van der Waals surface area contributed by atoms with Crippen LogP contribution in [0.2, 0.25) is 0 Å². The van der Waals surface area contributed by atoms with Gasteiger partial charge >= 0.3 is 11.9 Å². The van der Waals surface area contributed by atoms with Crippen molar-refractivity contribution >= 4 is 11.9 Å². The molecule has 0 radical (unpaired) electrons. The predicted octanol–water partition coefficient (Wildman–Crippen LogP) is 1.57. The molecule has 0 saturated heterocycles. The molecule has 0 unspecified atom stereocenters. The standard InChI is InChI=1S/C16H19N3O4/c1-10-13(11(2)19(18-10)16(3,17)15(21)22)14(20)23-9-12-7-5-4-6-8-12/h4-8H,9,17H2,1-3H3,(H,21,22)/t16-/m1/s1. The molecule has 0 aliphatic rings. The number of aliphatic carboxylic acids is 1. The molecule has 0 amide bonds. The van der Waals surface area contributed by atoms with E-state index in [2.05, 4.69) is 5.10 Å². The molecule has 1 aromatic carbocycles. The fourth-order valence-corrected chi connectivity index (χ4v) is 2.28. The number of esters is 1. The van der Waals surface area contributed by atoms with Crippen LogP contribution in [0.5, 0.6) is 0 Å². The molecule has 1 heterocycles. The molecule has 0 aliphatic heterocycles. The Kier molecular flexibility index (Phi) is 4.51. The van der Waals surface area contributed by atoms with E-state index in [-0.39, 0.29) is 12.2 Å². The van der Waals surface area contributed by atoms with Gasteiger partial charge in [0.25, 0.3) is 0 Å². The quantitative estimate of drug-likeness (QED) is 0.811. The smallest absolute Gasteiger partial charge is 0.346 e. The van der Waals surface area contributed by atoms with E-state index < -0.39 is 17.6 Å². The molecule has 1 aromatic heterocycles. The molecule has 0 aliphatic carbocycles. The van der Waals surface area contributed by atoms with Crippen molar-refractivity contribution in [1.82, 2.24) is 9.78 Å². The topological polar surface area (TPSA) is 107 Å². The first-order valence-electron chi connectivity index (χ1n) is 7.05. The minimum Gasteiger partial charge on any atom is -0.478 e. The third-order valence-electron chi connectivity index (χ3n) is 3.58. The molecule has 2 rings (SSSR count). The molecule has 2 aromatic rings. The Morgan fingerprint density at radius 2 is 1.91 bits per heavy atom. The largest absolute Gasteiger partial charge is 0.478 e. The van der Waals surface area contributed by atoms with Crippen LogP contribution in [0.25, 0.3) is 0 Å². The Morgan fingerprint density at radius 1 is 1.30 bits per heavy atom. The number of nitrogens with zero attached hydrogens (tertiary/aromatic N) is 2. The monoisotopic (exact) mass is 317 g/mol. The molecule has 7 heteroatoms. The van der Waals surface area contributed by atoms with Crippen LogP contribution in [0, 0.1) is 13.8 Å². The maximum atomic E-state index is 12.3. The number of aryl methyl sites for hydroxylation is 1. The van der Waals surface area contributed by atoms with E-state index in [4.69, 9.17) is 10.5 Å². The number of carbonyl (C=O) groups is 2. The van der Waals surface area contributed by atoms with E-state index in [9.17, 15) is 14.7 Å². The van der Waals surface area contributed by atoms with E-state index in [0.29, 0.717) is 11.4 Å². The summed E-state index contributed by atoms with van der Waals surface area (Å²) in [4.78, 5) is 23.6. The molecule has 0 fully saturated rings. The Balaban J connectivity index is 2.25. The minimum atomic E-state index is -1.74. The molecule has 23 heavy (non-hydrogen) atoms. The summed E-state index contributed by atoms with van der Waals surface area (Å²) in [5.74, 6) is -1.80. The maximum Gasteiger partial charge on any atom is 0.346 e. The first-order chi connectivity index (χ1) is 10.7. The summed E-state index contributed by atoms with van der Waals surface area (Å²) in [5.41, 5.74) is 5.86. The highest BCUT2D eigenvalue weighted by atomic mass is 16.5. The summed E-state index contributed by atoms with van der Waals surface area (Å²) in [6.07, 6.45) is 0. The Labute approximate surface area is 133 Å². The second-order valence-corrected chi connectivity index (χ2v) is 5.47. The van der Waals surface area contributed by atoms with Crippen molar-refractivity contribution in [3.05, 3.63) is 52.8 Å². The number of benzene rings is 1. The van der Waals surface area contributed by atoms with E-state index in [1.54, 1.807) is 13.8 Å². The van der Waals surface area contributed by atoms with E-state index in [0.717, 1.165) is 10.2 Å². The second-order valence-electron chi connectivity index (χ2n) is 5.47. The van der Waals surface area contributed by atoms with Gasteiger partial charge in [0.1, 0.15) is 12.2 Å². The lowest BCUT2D eigenvalue weighted by Crippen LogP contribution is -2.48. The van der Waals surface area contributed by atoms with E-state index >= 15 is 0 Å². The summed E-state index contributed by atoms with van der Waals surface area (Å²) >= 11 is 0. The number of carbonyl (C=O) groups excluding carboxylic acids is 1. The Bertz CT molecular complexity index is 735. The highest BCUT2D eigenvalue weighted by molar-refractivity contribution is 5.92. The fraction of sp³-hybridized carbons (Fsp3) is 0.312. The van der Waals surface area contributed by atoms with Crippen LogP contribution in [0.1, 0.15) is 34.2 Å². The van der Waals surface area contributed by atoms with Gasteiger partial charge in [0.2, 0.25) is 5.66 Å². The number of rotatable bonds is 5. The van der Waals surface area contributed by atoms with Gasteiger partial charge in [-0.2, -0.15) is 5.10 Å². The number of hydrogen-bond acceptors (Lipinski definition) is 5. The summed E-state index contributed by atoms with van der Waals surface area (Å²) in [7, 11) is 0. The van der Waals surface area contributed by atoms with Crippen LogP contribution in [0.4, 0.5) is 0 Å². The molecule has 122 valence electrons. The highest BCUT2D eigenvalue weighted by Gasteiger charge is 2.35. The van der Waals surface area contributed by atoms with Gasteiger partial charge in [-0.3, -0.25) is 5.73 Å². The Hall–Kier alpha value is -2.67. The molecule has 0 saturated carbocycles. The number of carboxylic acids is 1. The van der Waals surface area contributed by atoms with Crippen LogP contribution in [-0.4, -0.2) is 26.8 Å². The molecule has 0 spiro atoms. The molecule has 1 atom stereocenters. The zero-order valence-electron chi connectivity index (χ0n) is 13.2. The molecular formula is C16H19N3O4. The van der Waals surface area contributed by atoms with Gasteiger partial charge in [-0.1, -0.05) is 30.3 Å². The van der Waals surface area contributed by atoms with E-state index in [1.807, 2.05) is 30.3 Å². The zero-order valence-corrected chi connectivity index (χ0v) is 13.2. The minimum absolute atomic E-state index is 0.128. The number of aromatic nitrogens is 2. The third kappa shape index (κ3) is 3.24.